The Balaban J connectivity index is 1.26. The van der Waals surface area contributed by atoms with Crippen LogP contribution in [0.4, 0.5) is 0 Å². The van der Waals surface area contributed by atoms with Gasteiger partial charge in [-0.3, -0.25) is 9.48 Å². The summed E-state index contributed by atoms with van der Waals surface area (Å²) in [6, 6.07) is 1.76. The minimum absolute atomic E-state index is 0.0278. The van der Waals surface area contributed by atoms with Crippen LogP contribution in [0, 0.1) is 12.8 Å². The quantitative estimate of drug-likeness (QED) is 0.722. The summed E-state index contributed by atoms with van der Waals surface area (Å²) < 4.78 is 13.5. The predicted molar refractivity (Wildman–Crippen MR) is 97.0 cm³/mol. The lowest BCUT2D eigenvalue weighted by molar-refractivity contribution is -0.121. The molecule has 26 heavy (non-hydrogen) atoms. The Bertz CT molecular complexity index is 781. The summed E-state index contributed by atoms with van der Waals surface area (Å²) in [7, 11) is 1.79. The lowest BCUT2D eigenvalue weighted by Gasteiger charge is -2.50. The first-order chi connectivity index (χ1) is 12.6. The number of carbonyl (C=O) groups is 1. The van der Waals surface area contributed by atoms with Gasteiger partial charge in [-0.1, -0.05) is 0 Å². The topological polar surface area (TPSA) is 69.5 Å². The normalized spacial score (nSPS) is 21.3. The number of aryl methyl sites for hydroxylation is 2. The first kappa shape index (κ1) is 17.6. The molecule has 0 aliphatic carbocycles. The zero-order valence-electron chi connectivity index (χ0n) is 15.2. The third-order valence-electron chi connectivity index (χ3n) is 5.37. The zero-order valence-corrected chi connectivity index (χ0v) is 16.0. The van der Waals surface area contributed by atoms with Crippen molar-refractivity contribution in [3.8, 4) is 0 Å². The highest BCUT2D eigenvalue weighted by Crippen LogP contribution is 2.42. The Hall–Kier alpha value is -1.77. The number of hydrogen-bond donors (Lipinski definition) is 0. The molecule has 2 aromatic rings. The second-order valence-corrected chi connectivity index (χ2v) is 8.16. The number of likely N-dealkylation sites (tertiary alicyclic amines) is 1. The molecule has 8 heteroatoms. The van der Waals surface area contributed by atoms with Crippen LogP contribution in [0.15, 0.2) is 17.6 Å². The lowest BCUT2D eigenvalue weighted by atomic mass is 9.79. The van der Waals surface area contributed by atoms with Crippen LogP contribution in [0.25, 0.3) is 0 Å². The molecule has 1 amide bonds. The van der Waals surface area contributed by atoms with Gasteiger partial charge in [-0.15, -0.1) is 11.3 Å². The first-order valence-corrected chi connectivity index (χ1v) is 9.85. The highest BCUT2D eigenvalue weighted by atomic mass is 32.1. The highest BCUT2D eigenvalue weighted by molar-refractivity contribution is 7.09. The van der Waals surface area contributed by atoms with Crippen LogP contribution in [0.5, 0.6) is 0 Å². The molecular formula is C18H24N4O3S. The number of aromatic nitrogens is 3. The molecule has 0 saturated carbocycles. The van der Waals surface area contributed by atoms with E-state index in [0.29, 0.717) is 37.9 Å². The molecule has 4 heterocycles. The van der Waals surface area contributed by atoms with E-state index < -0.39 is 0 Å². The summed E-state index contributed by atoms with van der Waals surface area (Å²) in [6.07, 6.45) is 3.64. The smallest absolute Gasteiger partial charge is 0.272 e. The molecule has 0 radical (unpaired) electrons. The minimum Gasteiger partial charge on any atom is -0.375 e. The number of hydrogen-bond acceptors (Lipinski definition) is 6. The van der Waals surface area contributed by atoms with Crippen LogP contribution in [-0.4, -0.2) is 57.5 Å². The van der Waals surface area contributed by atoms with E-state index in [1.807, 2.05) is 17.2 Å². The number of ether oxygens (including phenoxy) is 2. The van der Waals surface area contributed by atoms with Gasteiger partial charge in [-0.2, -0.15) is 5.10 Å². The van der Waals surface area contributed by atoms with E-state index >= 15 is 0 Å². The molecular weight excluding hydrogens is 352 g/mol. The third kappa shape index (κ3) is 3.28. The Morgan fingerprint density at radius 2 is 2.35 bits per heavy atom. The third-order valence-corrected chi connectivity index (χ3v) is 6.19. The van der Waals surface area contributed by atoms with E-state index in [1.54, 1.807) is 35.3 Å². The van der Waals surface area contributed by atoms with Crippen LogP contribution < -0.4 is 0 Å². The molecule has 2 aromatic heterocycles. The number of amides is 1. The molecule has 7 nitrogen and oxygen atoms in total. The summed E-state index contributed by atoms with van der Waals surface area (Å²) in [4.78, 5) is 18.8. The second kappa shape index (κ2) is 7.09. The molecule has 2 aliphatic rings. The van der Waals surface area contributed by atoms with E-state index in [-0.39, 0.29) is 11.5 Å². The summed E-state index contributed by atoms with van der Waals surface area (Å²) >= 11 is 1.65. The van der Waals surface area contributed by atoms with Gasteiger partial charge in [0.15, 0.2) is 0 Å². The van der Waals surface area contributed by atoms with Gasteiger partial charge < -0.3 is 14.4 Å². The Morgan fingerprint density at radius 1 is 1.50 bits per heavy atom. The van der Waals surface area contributed by atoms with Crippen molar-refractivity contribution in [1.29, 1.82) is 0 Å². The Morgan fingerprint density at radius 3 is 3.04 bits per heavy atom. The van der Waals surface area contributed by atoms with E-state index in [4.69, 9.17) is 9.47 Å². The van der Waals surface area contributed by atoms with Gasteiger partial charge in [0, 0.05) is 31.8 Å². The molecule has 1 atom stereocenters. The van der Waals surface area contributed by atoms with Gasteiger partial charge in [-0.25, -0.2) is 4.98 Å². The number of nitrogens with zero attached hydrogens (tertiary/aromatic N) is 4. The minimum atomic E-state index is -0.186. The molecule has 2 fully saturated rings. The summed E-state index contributed by atoms with van der Waals surface area (Å²) in [5, 5.41) is 7.19. The fraction of sp³-hybridized carbons (Fsp3) is 0.611. The van der Waals surface area contributed by atoms with Crippen LogP contribution in [0.2, 0.25) is 0 Å². The molecule has 140 valence electrons. The van der Waals surface area contributed by atoms with Gasteiger partial charge in [0.1, 0.15) is 11.3 Å². The summed E-state index contributed by atoms with van der Waals surface area (Å²) in [5.41, 5.74) is 1.44. The lowest BCUT2D eigenvalue weighted by Crippen LogP contribution is -2.66. The molecule has 2 saturated heterocycles. The average Bonchev–Trinajstić information content (AvgIpc) is 3.29. The SMILES string of the molecule is Cc1nc(COCCC2CCOC23CN(C(=O)c2ccnn2C)C3)cs1. The summed E-state index contributed by atoms with van der Waals surface area (Å²) in [5.74, 6) is 0.468. The van der Waals surface area contributed by atoms with E-state index in [2.05, 4.69) is 10.1 Å². The van der Waals surface area contributed by atoms with E-state index in [0.717, 1.165) is 30.2 Å². The molecule has 0 N–H and O–H groups in total. The molecule has 1 unspecified atom stereocenters. The molecule has 2 aliphatic heterocycles. The second-order valence-electron chi connectivity index (χ2n) is 7.10. The van der Waals surface area contributed by atoms with Crippen molar-refractivity contribution in [2.75, 3.05) is 26.3 Å². The summed E-state index contributed by atoms with van der Waals surface area (Å²) in [6.45, 7) is 5.35. The standard InChI is InChI=1S/C18H24N4O3S/c1-13-20-15(10-26-13)9-24-7-4-14-5-8-25-18(14)11-22(12-18)17(23)16-3-6-19-21(16)2/h3,6,10,14H,4-5,7-9,11-12H2,1-2H3. The van der Waals surface area contributed by atoms with Gasteiger partial charge in [0.2, 0.25) is 0 Å². The van der Waals surface area contributed by atoms with E-state index in [1.165, 1.54) is 0 Å². The van der Waals surface area contributed by atoms with Crippen molar-refractivity contribution < 1.29 is 14.3 Å². The van der Waals surface area contributed by atoms with Crippen molar-refractivity contribution in [3.63, 3.8) is 0 Å². The van der Waals surface area contributed by atoms with Gasteiger partial charge in [-0.05, 0) is 31.7 Å². The van der Waals surface area contributed by atoms with Crippen LogP contribution in [-0.2, 0) is 23.1 Å². The molecule has 0 aromatic carbocycles. The van der Waals surface area contributed by atoms with Crippen molar-refractivity contribution in [3.05, 3.63) is 34.0 Å². The van der Waals surface area contributed by atoms with Crippen molar-refractivity contribution in [2.24, 2.45) is 13.0 Å². The maximum Gasteiger partial charge on any atom is 0.272 e. The number of carbonyl (C=O) groups excluding carboxylic acids is 1. The van der Waals surface area contributed by atoms with Crippen molar-refractivity contribution in [1.82, 2.24) is 19.7 Å². The van der Waals surface area contributed by atoms with Gasteiger partial charge in [0.05, 0.1) is 30.4 Å². The van der Waals surface area contributed by atoms with Crippen molar-refractivity contribution in [2.45, 2.75) is 32.0 Å². The highest BCUT2D eigenvalue weighted by Gasteiger charge is 2.54. The number of thiazole rings is 1. The largest absolute Gasteiger partial charge is 0.375 e. The molecule has 0 bridgehead atoms. The maximum atomic E-state index is 12.6. The first-order valence-electron chi connectivity index (χ1n) is 8.97. The van der Waals surface area contributed by atoms with E-state index in [9.17, 15) is 4.79 Å². The molecule has 1 spiro atoms. The number of rotatable bonds is 6. The Kier molecular flexibility index (Phi) is 4.81. The Labute approximate surface area is 156 Å². The zero-order chi connectivity index (χ0) is 18.1. The maximum absolute atomic E-state index is 12.6. The van der Waals surface area contributed by atoms with Gasteiger partial charge >= 0.3 is 0 Å². The monoisotopic (exact) mass is 376 g/mol. The fourth-order valence-electron chi connectivity index (χ4n) is 3.91. The predicted octanol–water partition coefficient (Wildman–Crippen LogP) is 2.02. The van der Waals surface area contributed by atoms with Crippen LogP contribution in [0.3, 0.4) is 0 Å². The van der Waals surface area contributed by atoms with Gasteiger partial charge in [0.25, 0.3) is 5.91 Å². The van der Waals surface area contributed by atoms with Crippen LogP contribution in [0.1, 0.15) is 34.0 Å². The average molecular weight is 376 g/mol. The fourth-order valence-corrected chi connectivity index (χ4v) is 4.51. The van der Waals surface area contributed by atoms with Crippen molar-refractivity contribution >= 4 is 17.2 Å². The molecule has 4 rings (SSSR count). The van der Waals surface area contributed by atoms with Crippen LogP contribution >= 0.6 is 11.3 Å².